The van der Waals surface area contributed by atoms with E-state index in [9.17, 15) is 8.42 Å². The number of rotatable bonds is 3. The Morgan fingerprint density at radius 1 is 1.44 bits per heavy atom. The van der Waals surface area contributed by atoms with Gasteiger partial charge in [-0.1, -0.05) is 11.6 Å². The summed E-state index contributed by atoms with van der Waals surface area (Å²) in [4.78, 5) is 0.0791. The van der Waals surface area contributed by atoms with Crippen molar-refractivity contribution >= 4 is 33.0 Å². The Kier molecular flexibility index (Phi) is 3.18. The van der Waals surface area contributed by atoms with Gasteiger partial charge in [0, 0.05) is 5.69 Å². The number of nitrogens with zero attached hydrogens (tertiary/aromatic N) is 1. The first-order valence-electron chi connectivity index (χ1n) is 4.98. The van der Waals surface area contributed by atoms with Crippen LogP contribution in [0.3, 0.4) is 0 Å². The van der Waals surface area contributed by atoms with E-state index in [4.69, 9.17) is 17.3 Å². The highest BCUT2D eigenvalue weighted by molar-refractivity contribution is 7.92. The molecule has 0 atom stereocenters. The van der Waals surface area contributed by atoms with Crippen molar-refractivity contribution in [1.82, 2.24) is 10.2 Å². The maximum absolute atomic E-state index is 12.1. The van der Waals surface area contributed by atoms with Gasteiger partial charge in [0.1, 0.15) is 4.90 Å². The first-order valence-corrected chi connectivity index (χ1v) is 6.84. The highest BCUT2D eigenvalue weighted by Crippen LogP contribution is 2.26. The number of benzene rings is 1. The summed E-state index contributed by atoms with van der Waals surface area (Å²) in [6.07, 6.45) is 1.24. The lowest BCUT2D eigenvalue weighted by molar-refractivity contribution is 0.600. The summed E-state index contributed by atoms with van der Waals surface area (Å²) in [5.74, 6) is 0. The number of hydrogen-bond acceptors (Lipinski definition) is 4. The van der Waals surface area contributed by atoms with Crippen LogP contribution in [-0.4, -0.2) is 18.6 Å². The normalized spacial score (nSPS) is 11.4. The zero-order valence-corrected chi connectivity index (χ0v) is 11.0. The molecule has 2 aromatic rings. The molecule has 4 N–H and O–H groups in total. The lowest BCUT2D eigenvalue weighted by Gasteiger charge is -2.09. The molecule has 18 heavy (non-hydrogen) atoms. The molecule has 0 amide bonds. The number of H-pyrrole nitrogens is 1. The third-order valence-corrected chi connectivity index (χ3v) is 4.10. The lowest BCUT2D eigenvalue weighted by Crippen LogP contribution is -2.13. The Hall–Kier alpha value is -1.73. The summed E-state index contributed by atoms with van der Waals surface area (Å²) in [6, 6.07) is 4.54. The van der Waals surface area contributed by atoms with Crippen LogP contribution in [0.15, 0.2) is 29.3 Å². The van der Waals surface area contributed by atoms with Gasteiger partial charge in [0.05, 0.1) is 22.6 Å². The van der Waals surface area contributed by atoms with Crippen LogP contribution in [0, 0.1) is 6.92 Å². The number of anilines is 2. The van der Waals surface area contributed by atoms with E-state index in [-0.39, 0.29) is 15.6 Å². The zero-order chi connectivity index (χ0) is 13.3. The minimum atomic E-state index is -3.71. The molecule has 6 nitrogen and oxygen atoms in total. The molecule has 0 unspecified atom stereocenters. The van der Waals surface area contributed by atoms with E-state index < -0.39 is 10.0 Å². The van der Waals surface area contributed by atoms with Gasteiger partial charge in [-0.05, 0) is 25.1 Å². The van der Waals surface area contributed by atoms with E-state index in [0.717, 1.165) is 0 Å². The molecule has 0 bridgehead atoms. The maximum Gasteiger partial charge on any atom is 0.265 e. The van der Waals surface area contributed by atoms with E-state index in [1.165, 1.54) is 18.3 Å². The third kappa shape index (κ3) is 2.41. The smallest absolute Gasteiger partial charge is 0.265 e. The van der Waals surface area contributed by atoms with E-state index >= 15 is 0 Å². The number of sulfonamides is 1. The highest BCUT2D eigenvalue weighted by atomic mass is 35.5. The number of nitrogen functional groups attached to an aromatic ring is 1. The highest BCUT2D eigenvalue weighted by Gasteiger charge is 2.19. The van der Waals surface area contributed by atoms with Crippen LogP contribution in [0.4, 0.5) is 11.4 Å². The van der Waals surface area contributed by atoms with E-state index in [0.29, 0.717) is 11.4 Å². The molecule has 2 rings (SSSR count). The van der Waals surface area contributed by atoms with Crippen LogP contribution in [0.25, 0.3) is 0 Å². The average molecular weight is 287 g/mol. The van der Waals surface area contributed by atoms with E-state index in [1.807, 2.05) is 0 Å². The van der Waals surface area contributed by atoms with Gasteiger partial charge >= 0.3 is 0 Å². The van der Waals surface area contributed by atoms with Crippen molar-refractivity contribution in [3.05, 3.63) is 35.1 Å². The van der Waals surface area contributed by atoms with Crippen molar-refractivity contribution in [2.24, 2.45) is 0 Å². The van der Waals surface area contributed by atoms with Gasteiger partial charge in [-0.25, -0.2) is 8.42 Å². The minimum Gasteiger partial charge on any atom is -0.399 e. The second-order valence-corrected chi connectivity index (χ2v) is 5.76. The summed E-state index contributed by atoms with van der Waals surface area (Å²) in [5, 5.41) is 6.47. The van der Waals surface area contributed by atoms with Crippen molar-refractivity contribution in [2.75, 3.05) is 10.5 Å². The van der Waals surface area contributed by atoms with E-state index in [1.54, 1.807) is 13.0 Å². The second kappa shape index (κ2) is 4.51. The van der Waals surface area contributed by atoms with Crippen molar-refractivity contribution in [1.29, 1.82) is 0 Å². The van der Waals surface area contributed by atoms with Gasteiger partial charge in [-0.15, -0.1) is 0 Å². The van der Waals surface area contributed by atoms with Gasteiger partial charge in [0.15, 0.2) is 0 Å². The first-order chi connectivity index (χ1) is 8.40. The van der Waals surface area contributed by atoms with Gasteiger partial charge in [-0.2, -0.15) is 5.10 Å². The number of nitrogens with one attached hydrogen (secondary N) is 2. The maximum atomic E-state index is 12.1. The lowest BCUT2D eigenvalue weighted by atomic mass is 10.3. The molecular formula is C10H11ClN4O2S. The van der Waals surface area contributed by atoms with Gasteiger partial charge in [-0.3, -0.25) is 9.82 Å². The SMILES string of the molecule is Cc1[nH]ncc1S(=O)(=O)Nc1ccc(N)cc1Cl. The first kappa shape index (κ1) is 12.7. The molecule has 0 saturated carbocycles. The number of aryl methyl sites for hydroxylation is 1. The molecule has 0 fully saturated rings. The van der Waals surface area contributed by atoms with E-state index in [2.05, 4.69) is 14.9 Å². The van der Waals surface area contributed by atoms with Gasteiger partial charge in [0.25, 0.3) is 10.0 Å². The monoisotopic (exact) mass is 286 g/mol. The Morgan fingerprint density at radius 2 is 2.17 bits per heavy atom. The van der Waals surface area contributed by atoms with Gasteiger partial charge < -0.3 is 5.73 Å². The van der Waals surface area contributed by atoms with Crippen molar-refractivity contribution in [2.45, 2.75) is 11.8 Å². The molecule has 0 aliphatic carbocycles. The quantitative estimate of drug-likeness (QED) is 0.748. The van der Waals surface area contributed by atoms with Crippen molar-refractivity contribution in [3.63, 3.8) is 0 Å². The molecular weight excluding hydrogens is 276 g/mol. The number of aromatic amines is 1. The summed E-state index contributed by atoms with van der Waals surface area (Å²) >= 11 is 5.91. The average Bonchev–Trinajstić information content (AvgIpc) is 2.69. The second-order valence-electron chi connectivity index (χ2n) is 3.70. The number of hydrogen-bond donors (Lipinski definition) is 3. The predicted molar refractivity (Wildman–Crippen MR) is 70.0 cm³/mol. The Balaban J connectivity index is 2.37. The fourth-order valence-electron chi connectivity index (χ4n) is 1.42. The molecule has 8 heteroatoms. The van der Waals surface area contributed by atoms with Crippen molar-refractivity contribution < 1.29 is 8.42 Å². The molecule has 0 spiro atoms. The third-order valence-electron chi connectivity index (χ3n) is 2.31. The summed E-state index contributed by atoms with van der Waals surface area (Å²) in [5.41, 5.74) is 6.72. The number of halogens is 1. The molecule has 0 aliphatic rings. The standard InChI is InChI=1S/C10H11ClN4O2S/c1-6-10(5-13-14-6)18(16,17)15-9-3-2-7(12)4-8(9)11/h2-5,15H,12H2,1H3,(H,13,14). The van der Waals surface area contributed by atoms with Crippen molar-refractivity contribution in [3.8, 4) is 0 Å². The molecule has 1 heterocycles. The van der Waals surface area contributed by atoms with Crippen LogP contribution < -0.4 is 10.5 Å². The molecule has 1 aromatic heterocycles. The minimum absolute atomic E-state index is 0.0791. The van der Waals surface area contributed by atoms with Crippen LogP contribution in [0.5, 0.6) is 0 Å². The zero-order valence-electron chi connectivity index (χ0n) is 9.44. The van der Waals surface area contributed by atoms with Crippen LogP contribution in [-0.2, 0) is 10.0 Å². The summed E-state index contributed by atoms with van der Waals surface area (Å²) in [6.45, 7) is 1.62. The number of nitrogens with two attached hydrogens (primary N) is 1. The Bertz CT molecular complexity index is 681. The van der Waals surface area contributed by atoms with Crippen LogP contribution in [0.1, 0.15) is 5.69 Å². The molecule has 0 aliphatic heterocycles. The largest absolute Gasteiger partial charge is 0.399 e. The molecule has 1 aromatic carbocycles. The Morgan fingerprint density at radius 3 is 2.72 bits per heavy atom. The summed E-state index contributed by atoms with van der Waals surface area (Å²) in [7, 11) is -3.71. The molecule has 0 saturated heterocycles. The summed E-state index contributed by atoms with van der Waals surface area (Å²) < 4.78 is 26.5. The molecule has 0 radical (unpaired) electrons. The molecule has 96 valence electrons. The fourth-order valence-corrected chi connectivity index (χ4v) is 2.93. The fraction of sp³-hybridized carbons (Fsp3) is 0.100. The predicted octanol–water partition coefficient (Wildman–Crippen LogP) is 1.75. The van der Waals surface area contributed by atoms with Crippen LogP contribution >= 0.6 is 11.6 Å². The van der Waals surface area contributed by atoms with Crippen LogP contribution in [0.2, 0.25) is 5.02 Å². The Labute approximate surface area is 109 Å². The van der Waals surface area contributed by atoms with Gasteiger partial charge in [0.2, 0.25) is 0 Å². The topological polar surface area (TPSA) is 101 Å². The number of aromatic nitrogens is 2.